The van der Waals surface area contributed by atoms with Crippen molar-refractivity contribution in [2.45, 2.75) is 44.9 Å². The van der Waals surface area contributed by atoms with E-state index < -0.39 is 8.07 Å². The SMILES string of the molecule is COC(=O)C1=CCCCC1C[Si](C)(C)C. The van der Waals surface area contributed by atoms with Crippen molar-refractivity contribution in [3.05, 3.63) is 11.6 Å². The van der Waals surface area contributed by atoms with E-state index in [0.29, 0.717) is 5.92 Å². The van der Waals surface area contributed by atoms with Gasteiger partial charge in [0.25, 0.3) is 0 Å². The number of allylic oxidation sites excluding steroid dienone is 1. The molecule has 1 rings (SSSR count). The number of carbonyl (C=O) groups excluding carboxylic acids is 1. The highest BCUT2D eigenvalue weighted by Gasteiger charge is 2.28. The molecule has 86 valence electrons. The first-order chi connectivity index (χ1) is 6.94. The number of hydrogen-bond donors (Lipinski definition) is 0. The van der Waals surface area contributed by atoms with Gasteiger partial charge in [0.2, 0.25) is 0 Å². The Morgan fingerprint density at radius 3 is 2.73 bits per heavy atom. The molecule has 1 unspecified atom stereocenters. The number of esters is 1. The summed E-state index contributed by atoms with van der Waals surface area (Å²) in [5, 5.41) is 0. The summed E-state index contributed by atoms with van der Waals surface area (Å²) >= 11 is 0. The van der Waals surface area contributed by atoms with E-state index in [4.69, 9.17) is 4.74 Å². The average molecular weight is 226 g/mol. The summed E-state index contributed by atoms with van der Waals surface area (Å²) < 4.78 is 4.84. The third-order valence-corrected chi connectivity index (χ3v) is 4.56. The van der Waals surface area contributed by atoms with Crippen LogP contribution in [0.1, 0.15) is 19.3 Å². The standard InChI is InChI=1S/C12H22O2Si/c1-14-12(13)11-8-6-5-7-10(11)9-15(2,3)4/h8,10H,5-7,9H2,1-4H3. The van der Waals surface area contributed by atoms with E-state index in [1.807, 2.05) is 0 Å². The number of hydrogen-bond acceptors (Lipinski definition) is 2. The molecule has 0 aromatic carbocycles. The van der Waals surface area contributed by atoms with Crippen LogP contribution < -0.4 is 0 Å². The van der Waals surface area contributed by atoms with E-state index in [-0.39, 0.29) is 5.97 Å². The van der Waals surface area contributed by atoms with Gasteiger partial charge in [0.1, 0.15) is 0 Å². The summed E-state index contributed by atoms with van der Waals surface area (Å²) in [5.74, 6) is 0.343. The number of carbonyl (C=O) groups is 1. The molecule has 0 N–H and O–H groups in total. The molecule has 0 radical (unpaired) electrons. The van der Waals surface area contributed by atoms with E-state index in [0.717, 1.165) is 18.4 Å². The highest BCUT2D eigenvalue weighted by Crippen LogP contribution is 2.32. The van der Waals surface area contributed by atoms with Gasteiger partial charge in [0.15, 0.2) is 0 Å². The Bertz CT molecular complexity index is 263. The summed E-state index contributed by atoms with van der Waals surface area (Å²) in [6.07, 6.45) is 5.49. The Balaban J connectivity index is 2.73. The lowest BCUT2D eigenvalue weighted by Gasteiger charge is -2.28. The van der Waals surface area contributed by atoms with Crippen molar-refractivity contribution in [3.8, 4) is 0 Å². The van der Waals surface area contributed by atoms with Crippen LogP contribution in [0, 0.1) is 5.92 Å². The van der Waals surface area contributed by atoms with Gasteiger partial charge in [-0.25, -0.2) is 4.79 Å². The molecule has 0 aliphatic heterocycles. The smallest absolute Gasteiger partial charge is 0.333 e. The van der Waals surface area contributed by atoms with Crippen molar-refractivity contribution in [2.75, 3.05) is 7.11 Å². The summed E-state index contributed by atoms with van der Waals surface area (Å²) in [5.41, 5.74) is 0.936. The molecule has 0 aromatic heterocycles. The largest absolute Gasteiger partial charge is 0.466 e. The molecule has 1 aliphatic carbocycles. The third-order valence-electron chi connectivity index (χ3n) is 2.84. The Morgan fingerprint density at radius 2 is 2.20 bits per heavy atom. The summed E-state index contributed by atoms with van der Waals surface area (Å²) in [4.78, 5) is 11.6. The fraction of sp³-hybridized carbons (Fsp3) is 0.750. The quantitative estimate of drug-likeness (QED) is 0.545. The predicted octanol–water partition coefficient (Wildman–Crippen LogP) is 3.22. The normalized spacial score (nSPS) is 22.1. The Hall–Kier alpha value is -0.573. The zero-order valence-electron chi connectivity index (χ0n) is 10.3. The molecular formula is C12H22O2Si. The lowest BCUT2D eigenvalue weighted by molar-refractivity contribution is -0.136. The van der Waals surface area contributed by atoms with Gasteiger partial charge < -0.3 is 4.74 Å². The van der Waals surface area contributed by atoms with Gasteiger partial charge in [-0.15, -0.1) is 0 Å². The molecule has 0 amide bonds. The topological polar surface area (TPSA) is 26.3 Å². The Labute approximate surface area is 93.7 Å². The van der Waals surface area contributed by atoms with Crippen LogP contribution in [0.3, 0.4) is 0 Å². The van der Waals surface area contributed by atoms with Crippen LogP contribution in [-0.4, -0.2) is 21.2 Å². The summed E-state index contributed by atoms with van der Waals surface area (Å²) in [7, 11) is 0.382. The second kappa shape index (κ2) is 4.97. The molecule has 0 fully saturated rings. The zero-order chi connectivity index (χ0) is 11.5. The maximum absolute atomic E-state index is 11.6. The van der Waals surface area contributed by atoms with Crippen LogP contribution in [-0.2, 0) is 9.53 Å². The molecule has 0 aromatic rings. The van der Waals surface area contributed by atoms with Gasteiger partial charge in [-0.1, -0.05) is 31.8 Å². The predicted molar refractivity (Wildman–Crippen MR) is 65.6 cm³/mol. The first-order valence-electron chi connectivity index (χ1n) is 5.72. The minimum atomic E-state index is -1.09. The van der Waals surface area contributed by atoms with Gasteiger partial charge in [0.05, 0.1) is 7.11 Å². The van der Waals surface area contributed by atoms with Crippen LogP contribution in [0.4, 0.5) is 0 Å². The highest BCUT2D eigenvalue weighted by atomic mass is 28.3. The second-order valence-electron chi connectivity index (χ2n) is 5.54. The first kappa shape index (κ1) is 12.5. The van der Waals surface area contributed by atoms with Crippen LogP contribution in [0.5, 0.6) is 0 Å². The van der Waals surface area contributed by atoms with E-state index in [9.17, 15) is 4.79 Å². The first-order valence-corrected chi connectivity index (χ1v) is 9.43. The monoisotopic (exact) mass is 226 g/mol. The third kappa shape index (κ3) is 3.82. The maximum atomic E-state index is 11.6. The van der Waals surface area contributed by atoms with Crippen LogP contribution in [0.25, 0.3) is 0 Å². The Morgan fingerprint density at radius 1 is 1.53 bits per heavy atom. The van der Waals surface area contributed by atoms with Crippen LogP contribution in [0.2, 0.25) is 25.7 Å². The fourth-order valence-electron chi connectivity index (χ4n) is 2.26. The molecule has 0 spiro atoms. The average Bonchev–Trinajstić information content (AvgIpc) is 2.15. The molecule has 15 heavy (non-hydrogen) atoms. The van der Waals surface area contributed by atoms with E-state index in [1.54, 1.807) is 0 Å². The minimum Gasteiger partial charge on any atom is -0.466 e. The Kier molecular flexibility index (Phi) is 4.14. The van der Waals surface area contributed by atoms with Crippen molar-refractivity contribution < 1.29 is 9.53 Å². The molecule has 0 saturated heterocycles. The van der Waals surface area contributed by atoms with Crippen LogP contribution >= 0.6 is 0 Å². The van der Waals surface area contributed by atoms with Crippen molar-refractivity contribution in [1.82, 2.24) is 0 Å². The van der Waals surface area contributed by atoms with Gasteiger partial charge in [0, 0.05) is 13.6 Å². The van der Waals surface area contributed by atoms with Gasteiger partial charge in [-0.2, -0.15) is 0 Å². The van der Waals surface area contributed by atoms with E-state index in [2.05, 4.69) is 25.7 Å². The zero-order valence-corrected chi connectivity index (χ0v) is 11.3. The molecule has 1 aliphatic rings. The molecule has 0 saturated carbocycles. The molecule has 3 heteroatoms. The van der Waals surface area contributed by atoms with Crippen molar-refractivity contribution in [1.29, 1.82) is 0 Å². The molecule has 1 atom stereocenters. The summed E-state index contributed by atoms with van der Waals surface area (Å²) in [6.45, 7) is 7.07. The molecular weight excluding hydrogens is 204 g/mol. The molecule has 0 bridgehead atoms. The fourth-order valence-corrected chi connectivity index (χ4v) is 4.17. The van der Waals surface area contributed by atoms with Gasteiger partial charge >= 0.3 is 5.97 Å². The summed E-state index contributed by atoms with van der Waals surface area (Å²) in [6, 6.07) is 1.20. The van der Waals surface area contributed by atoms with Gasteiger partial charge in [-0.3, -0.25) is 0 Å². The van der Waals surface area contributed by atoms with Crippen LogP contribution in [0.15, 0.2) is 11.6 Å². The minimum absolute atomic E-state index is 0.113. The number of rotatable bonds is 3. The molecule has 2 nitrogen and oxygen atoms in total. The molecule has 0 heterocycles. The number of ether oxygens (including phenoxy) is 1. The highest BCUT2D eigenvalue weighted by molar-refractivity contribution is 6.76. The number of methoxy groups -OCH3 is 1. The van der Waals surface area contributed by atoms with E-state index >= 15 is 0 Å². The van der Waals surface area contributed by atoms with Crippen molar-refractivity contribution in [2.24, 2.45) is 5.92 Å². The second-order valence-corrected chi connectivity index (χ2v) is 11.1. The lowest BCUT2D eigenvalue weighted by atomic mass is 9.89. The van der Waals surface area contributed by atoms with Crippen molar-refractivity contribution in [3.63, 3.8) is 0 Å². The maximum Gasteiger partial charge on any atom is 0.333 e. The van der Waals surface area contributed by atoms with Crippen molar-refractivity contribution >= 4 is 14.0 Å². The van der Waals surface area contributed by atoms with Gasteiger partial charge in [-0.05, 0) is 25.2 Å². The van der Waals surface area contributed by atoms with E-state index in [1.165, 1.54) is 19.6 Å². The lowest BCUT2D eigenvalue weighted by Crippen LogP contribution is -2.28.